The van der Waals surface area contributed by atoms with Gasteiger partial charge in [0.15, 0.2) is 0 Å². The van der Waals surface area contributed by atoms with Gasteiger partial charge in [0.2, 0.25) is 0 Å². The van der Waals surface area contributed by atoms with Crippen LogP contribution in [0.3, 0.4) is 0 Å². The fraction of sp³-hybridized carbons (Fsp3) is 0.125. The molecule has 14 rings (SSSR count). The van der Waals surface area contributed by atoms with Crippen molar-refractivity contribution in [2.45, 2.75) is 67.2 Å². The first-order valence-corrected chi connectivity index (χ1v) is 31.4. The van der Waals surface area contributed by atoms with Crippen molar-refractivity contribution >= 4 is 71.0 Å². The minimum absolute atomic E-state index is 0. The Morgan fingerprint density at radius 1 is 0.310 bits per heavy atom. The summed E-state index contributed by atoms with van der Waals surface area (Å²) in [5.41, 5.74) is 13.7. The molecule has 0 aliphatic heterocycles. The van der Waals surface area contributed by atoms with Crippen LogP contribution in [0.5, 0.6) is 0 Å². The average molecular weight is 1290 g/mol. The van der Waals surface area contributed by atoms with Crippen molar-refractivity contribution < 1.29 is 73.3 Å². The quantitative estimate of drug-likeness (QED) is 0.133. The second kappa shape index (κ2) is 32.5. The van der Waals surface area contributed by atoms with Gasteiger partial charge in [-0.3, -0.25) is 0 Å². The third kappa shape index (κ3) is 16.8. The Labute approximate surface area is 541 Å². The zero-order chi connectivity index (χ0) is 57.2. The Hall–Kier alpha value is -6.75. The number of aryl methyl sites for hydroxylation is 6. The fourth-order valence-electron chi connectivity index (χ4n) is 10.5. The molecular formula is C80H72Cl2Zr2-2. The Morgan fingerprint density at radius 3 is 0.810 bits per heavy atom. The predicted octanol–water partition coefficient (Wildman–Crippen LogP) is 15.0. The van der Waals surface area contributed by atoms with E-state index in [0.717, 1.165) is 25.7 Å². The number of hydrogen-bond acceptors (Lipinski definition) is 0. The third-order valence-corrected chi connectivity index (χ3v) is 18.2. The van der Waals surface area contributed by atoms with Crippen molar-refractivity contribution in [3.63, 3.8) is 0 Å². The van der Waals surface area contributed by atoms with E-state index in [9.17, 15) is 0 Å². The van der Waals surface area contributed by atoms with E-state index in [-0.39, 0.29) is 24.8 Å². The van der Waals surface area contributed by atoms with E-state index in [2.05, 4.69) is 321 Å². The molecule has 0 spiro atoms. The summed E-state index contributed by atoms with van der Waals surface area (Å²) in [5.74, 6) is 0. The second-order valence-electron chi connectivity index (χ2n) is 20.8. The molecular weight excluding hydrogens is 1210 g/mol. The number of halogens is 2. The van der Waals surface area contributed by atoms with Gasteiger partial charge < -0.3 is 24.8 Å². The molecule has 0 radical (unpaired) electrons. The number of rotatable bonds is 8. The Morgan fingerprint density at radius 2 is 0.571 bits per heavy atom. The van der Waals surface area contributed by atoms with Gasteiger partial charge in [-0.05, 0) is 25.7 Å². The number of hydrogen-bond donors (Lipinski definition) is 0. The monoisotopic (exact) mass is 1280 g/mol. The van der Waals surface area contributed by atoms with E-state index >= 15 is 0 Å². The van der Waals surface area contributed by atoms with Gasteiger partial charge >= 0.3 is 198 Å². The van der Waals surface area contributed by atoms with E-state index in [4.69, 9.17) is 0 Å². The van der Waals surface area contributed by atoms with Crippen LogP contribution in [0.2, 0.25) is 0 Å². The molecule has 14 aromatic carbocycles. The van der Waals surface area contributed by atoms with E-state index in [0.29, 0.717) is 0 Å². The zero-order valence-corrected chi connectivity index (χ0v) is 55.6. The van der Waals surface area contributed by atoms with Crippen LogP contribution in [0.15, 0.2) is 279 Å². The molecule has 14 aromatic rings. The molecule has 0 N–H and O–H groups in total. The first-order chi connectivity index (χ1) is 40.1. The van der Waals surface area contributed by atoms with Gasteiger partial charge in [0.1, 0.15) is 0 Å². The van der Waals surface area contributed by atoms with Gasteiger partial charge in [0.05, 0.1) is 0 Å². The standard InChI is InChI=1S/2C17H17.2C13H10.2C10H9.2ClH.2Zr/c2*1-3-12-5-7-16-14(9-12)11-15-10-13(4-2)6-8-17(15)16;2*1-3-7-12(8-4-1)11-13-9-5-2-6-10-13;2*1-8-4-2-5-9-6-3-7-10(8)9;;;;/h2*5-11H,3-4H2,1-2H3;2*1-10H;2*2-7H,1H3;2*1H;;/q2*-1;;;2*-1;;;2*+2/p-2. The SMILES string of the molecule is CCc1ccc2c(c1)[cH-]c1cc(CC)ccc12.CCc1ccc2c(c1)[cH-]c1cc(CC)ccc12.Cc1cccc2cc[cH-]c12.Cc1cccc2cc[cH-]c12.[Cl-].[Cl-].[Zr+2]=[C](c1ccccc1)c1ccccc1.[Zr+2]=[C](c1ccccc1)c1ccccc1. The molecule has 0 bridgehead atoms. The van der Waals surface area contributed by atoms with E-state index < -0.39 is 0 Å². The van der Waals surface area contributed by atoms with Crippen LogP contribution >= 0.6 is 0 Å². The normalized spacial score (nSPS) is 10.4. The molecule has 0 amide bonds. The number of benzene rings is 10. The molecule has 0 aliphatic rings. The molecule has 4 heteroatoms. The second-order valence-corrected chi connectivity index (χ2v) is 23.3. The molecule has 0 unspecified atom stereocenters. The Kier molecular flexibility index (Phi) is 25.1. The van der Waals surface area contributed by atoms with E-state index in [1.165, 1.54) is 175 Å². The van der Waals surface area contributed by atoms with Gasteiger partial charge in [-0.15, -0.1) is 149 Å². The van der Waals surface area contributed by atoms with E-state index in [1.807, 2.05) is 0 Å². The molecule has 0 atom stereocenters. The van der Waals surface area contributed by atoms with Crippen LogP contribution in [-0.2, 0) is 74.2 Å². The van der Waals surface area contributed by atoms with E-state index in [1.54, 1.807) is 0 Å². The number of fused-ring (bicyclic) bond motifs is 8. The fourth-order valence-corrected chi connectivity index (χ4v) is 12.2. The van der Waals surface area contributed by atoms with Crippen molar-refractivity contribution in [3.05, 3.63) is 335 Å². The summed E-state index contributed by atoms with van der Waals surface area (Å²) >= 11 is 2.92. The van der Waals surface area contributed by atoms with Crippen LogP contribution in [-0.4, -0.2) is 6.41 Å². The summed E-state index contributed by atoms with van der Waals surface area (Å²) < 4.78 is 2.83. The van der Waals surface area contributed by atoms with Gasteiger partial charge in [-0.25, -0.2) is 0 Å². The first-order valence-electron chi connectivity index (χ1n) is 29.0. The molecule has 0 saturated heterocycles. The van der Waals surface area contributed by atoms with Crippen molar-refractivity contribution in [2.24, 2.45) is 0 Å². The van der Waals surface area contributed by atoms with Crippen LogP contribution in [0.25, 0.3) is 64.6 Å². The van der Waals surface area contributed by atoms with Gasteiger partial charge in [0, 0.05) is 0 Å². The molecule has 0 saturated carbocycles. The summed E-state index contributed by atoms with van der Waals surface area (Å²) in [6.07, 6.45) is 4.44. The third-order valence-electron chi connectivity index (χ3n) is 15.3. The topological polar surface area (TPSA) is 0 Å². The predicted molar refractivity (Wildman–Crippen MR) is 352 cm³/mol. The minimum atomic E-state index is 0. The molecule has 416 valence electrons. The summed E-state index contributed by atoms with van der Waals surface area (Å²) in [6.45, 7) is 13.1. The molecule has 84 heavy (non-hydrogen) atoms. The van der Waals surface area contributed by atoms with Crippen molar-refractivity contribution in [3.8, 4) is 0 Å². The average Bonchev–Trinajstić information content (AvgIpc) is 2.88. The summed E-state index contributed by atoms with van der Waals surface area (Å²) in [6, 6.07) is 99.7. The van der Waals surface area contributed by atoms with Gasteiger partial charge in [-0.2, -0.15) is 24.3 Å². The van der Waals surface area contributed by atoms with Crippen molar-refractivity contribution in [1.82, 2.24) is 0 Å². The van der Waals surface area contributed by atoms with Gasteiger partial charge in [-0.1, -0.05) is 124 Å². The summed E-state index contributed by atoms with van der Waals surface area (Å²) in [4.78, 5) is 0. The molecule has 0 aliphatic carbocycles. The van der Waals surface area contributed by atoms with Crippen LogP contribution < -0.4 is 24.8 Å². The maximum atomic E-state index is 2.32. The Balaban J connectivity index is 0.000000145. The first kappa shape index (κ1) is 64.8. The molecule has 0 nitrogen and oxygen atoms in total. The summed E-state index contributed by atoms with van der Waals surface area (Å²) in [5, 5.41) is 16.5. The zero-order valence-electron chi connectivity index (χ0n) is 49.1. The maximum absolute atomic E-state index is 2.32. The van der Waals surface area contributed by atoms with Crippen LogP contribution in [0, 0.1) is 13.8 Å². The van der Waals surface area contributed by atoms with Crippen LogP contribution in [0.4, 0.5) is 0 Å². The van der Waals surface area contributed by atoms with Crippen molar-refractivity contribution in [2.75, 3.05) is 0 Å². The Bertz CT molecular complexity index is 3830. The molecule has 0 aromatic heterocycles. The van der Waals surface area contributed by atoms with Crippen molar-refractivity contribution in [1.29, 1.82) is 0 Å². The molecule has 0 fully saturated rings. The van der Waals surface area contributed by atoms with Crippen LogP contribution in [0.1, 0.15) is 83.3 Å². The molecule has 0 heterocycles. The van der Waals surface area contributed by atoms with Gasteiger partial charge in [0.25, 0.3) is 0 Å². The summed E-state index contributed by atoms with van der Waals surface area (Å²) in [7, 11) is 0.